The first-order chi connectivity index (χ1) is 9.06. The molecule has 2 aromatic rings. The number of furan rings is 1. The number of carboxylic acids is 1. The van der Waals surface area contributed by atoms with Crippen molar-refractivity contribution in [1.82, 2.24) is 0 Å². The molecule has 5 nitrogen and oxygen atoms in total. The molecule has 0 aliphatic rings. The number of nitrogens with one attached hydrogen (secondary N) is 1. The molecule has 1 heterocycles. The number of nitrogens with zero attached hydrogens (tertiary/aromatic N) is 1. The lowest BCUT2D eigenvalue weighted by molar-refractivity contribution is 0.0697. The Labute approximate surface area is 110 Å². The van der Waals surface area contributed by atoms with Gasteiger partial charge in [0.25, 0.3) is 0 Å². The molecule has 0 saturated carbocycles. The van der Waals surface area contributed by atoms with Crippen LogP contribution in [0.5, 0.6) is 0 Å². The van der Waals surface area contributed by atoms with Gasteiger partial charge in [0.15, 0.2) is 0 Å². The standard InChI is InChI=1S/C14H14N2O3/c1-9-6-7-13(19-9)10(2)15-16-12-5-3-4-11(8-12)14(17)18/h3-8,16H,1-2H3,(H,17,18)/b15-10+. The van der Waals surface area contributed by atoms with E-state index in [0.29, 0.717) is 17.2 Å². The Hall–Kier alpha value is -2.56. The van der Waals surface area contributed by atoms with Crippen LogP contribution in [0, 0.1) is 6.92 Å². The summed E-state index contributed by atoms with van der Waals surface area (Å²) in [5.74, 6) is 0.530. The van der Waals surface area contributed by atoms with Gasteiger partial charge in [-0.05, 0) is 44.2 Å². The number of rotatable bonds is 4. The lowest BCUT2D eigenvalue weighted by atomic mass is 10.2. The van der Waals surface area contributed by atoms with Crippen LogP contribution in [0.2, 0.25) is 0 Å². The van der Waals surface area contributed by atoms with Crippen molar-refractivity contribution in [1.29, 1.82) is 0 Å². The number of carbonyl (C=O) groups is 1. The number of benzene rings is 1. The van der Waals surface area contributed by atoms with E-state index >= 15 is 0 Å². The Bertz CT molecular complexity index is 629. The summed E-state index contributed by atoms with van der Waals surface area (Å²) < 4.78 is 5.43. The third-order valence-corrected chi connectivity index (χ3v) is 2.56. The first-order valence-corrected chi connectivity index (χ1v) is 5.77. The van der Waals surface area contributed by atoms with E-state index < -0.39 is 5.97 Å². The van der Waals surface area contributed by atoms with Crippen molar-refractivity contribution in [3.05, 3.63) is 53.5 Å². The predicted octanol–water partition coefficient (Wildman–Crippen LogP) is 3.12. The van der Waals surface area contributed by atoms with Crippen molar-refractivity contribution in [3.8, 4) is 0 Å². The highest BCUT2D eigenvalue weighted by Crippen LogP contribution is 2.12. The number of anilines is 1. The molecule has 0 unspecified atom stereocenters. The van der Waals surface area contributed by atoms with Crippen LogP contribution in [0.25, 0.3) is 0 Å². The molecule has 1 aromatic heterocycles. The van der Waals surface area contributed by atoms with E-state index in [1.54, 1.807) is 12.1 Å². The maximum absolute atomic E-state index is 10.8. The Morgan fingerprint density at radius 2 is 2.11 bits per heavy atom. The zero-order chi connectivity index (χ0) is 13.8. The lowest BCUT2D eigenvalue weighted by Gasteiger charge is -2.03. The summed E-state index contributed by atoms with van der Waals surface area (Å²) in [6.45, 7) is 3.67. The largest absolute Gasteiger partial charge is 0.478 e. The van der Waals surface area contributed by atoms with Gasteiger partial charge in [0.1, 0.15) is 17.2 Å². The van der Waals surface area contributed by atoms with Gasteiger partial charge in [0, 0.05) is 0 Å². The molecule has 0 bridgehead atoms. The number of aromatic carboxylic acids is 1. The summed E-state index contributed by atoms with van der Waals surface area (Å²) >= 11 is 0. The fourth-order valence-electron chi connectivity index (χ4n) is 1.55. The first kappa shape index (κ1) is 12.9. The zero-order valence-electron chi connectivity index (χ0n) is 10.7. The van der Waals surface area contributed by atoms with Crippen molar-refractivity contribution < 1.29 is 14.3 Å². The molecule has 2 rings (SSSR count). The second-order valence-electron chi connectivity index (χ2n) is 4.11. The van der Waals surface area contributed by atoms with Crippen LogP contribution in [-0.4, -0.2) is 16.8 Å². The second kappa shape index (κ2) is 5.39. The minimum atomic E-state index is -0.967. The summed E-state index contributed by atoms with van der Waals surface area (Å²) in [5.41, 5.74) is 4.33. The predicted molar refractivity (Wildman–Crippen MR) is 72.7 cm³/mol. The van der Waals surface area contributed by atoms with E-state index in [-0.39, 0.29) is 5.56 Å². The molecule has 0 fully saturated rings. The molecule has 1 aromatic carbocycles. The molecule has 0 saturated heterocycles. The molecular formula is C14H14N2O3. The van der Waals surface area contributed by atoms with Crippen LogP contribution < -0.4 is 5.43 Å². The summed E-state index contributed by atoms with van der Waals surface area (Å²) in [4.78, 5) is 10.8. The van der Waals surface area contributed by atoms with E-state index in [0.717, 1.165) is 5.76 Å². The zero-order valence-corrected chi connectivity index (χ0v) is 10.7. The van der Waals surface area contributed by atoms with Gasteiger partial charge >= 0.3 is 5.97 Å². The second-order valence-corrected chi connectivity index (χ2v) is 4.11. The summed E-state index contributed by atoms with van der Waals surface area (Å²) in [7, 11) is 0. The van der Waals surface area contributed by atoms with E-state index in [1.807, 2.05) is 26.0 Å². The van der Waals surface area contributed by atoms with Crippen LogP contribution in [0.4, 0.5) is 5.69 Å². The number of hydrazone groups is 1. The van der Waals surface area contributed by atoms with Gasteiger partial charge < -0.3 is 9.52 Å². The normalized spacial score (nSPS) is 11.4. The van der Waals surface area contributed by atoms with Crippen molar-refractivity contribution in [2.45, 2.75) is 13.8 Å². The monoisotopic (exact) mass is 258 g/mol. The van der Waals surface area contributed by atoms with E-state index in [1.165, 1.54) is 12.1 Å². The van der Waals surface area contributed by atoms with E-state index in [9.17, 15) is 4.79 Å². The summed E-state index contributed by atoms with van der Waals surface area (Å²) in [5, 5.41) is 13.0. The van der Waals surface area contributed by atoms with Crippen LogP contribution in [-0.2, 0) is 0 Å². The number of hydrogen-bond donors (Lipinski definition) is 2. The van der Waals surface area contributed by atoms with Crippen LogP contribution >= 0.6 is 0 Å². The van der Waals surface area contributed by atoms with Crippen molar-refractivity contribution in [3.63, 3.8) is 0 Å². The fraction of sp³-hybridized carbons (Fsp3) is 0.143. The smallest absolute Gasteiger partial charge is 0.335 e. The highest BCUT2D eigenvalue weighted by Gasteiger charge is 2.04. The maximum atomic E-state index is 10.8. The minimum Gasteiger partial charge on any atom is -0.478 e. The maximum Gasteiger partial charge on any atom is 0.335 e. The van der Waals surface area contributed by atoms with Gasteiger partial charge in [-0.25, -0.2) is 4.79 Å². The van der Waals surface area contributed by atoms with E-state index in [2.05, 4.69) is 10.5 Å². The average molecular weight is 258 g/mol. The number of aryl methyl sites for hydroxylation is 1. The van der Waals surface area contributed by atoms with Crippen LogP contribution in [0.15, 0.2) is 45.9 Å². The van der Waals surface area contributed by atoms with Gasteiger partial charge in [0.05, 0.1) is 11.3 Å². The van der Waals surface area contributed by atoms with Crippen molar-refractivity contribution >= 4 is 17.4 Å². The van der Waals surface area contributed by atoms with Gasteiger partial charge in [0.2, 0.25) is 0 Å². The summed E-state index contributed by atoms with van der Waals surface area (Å²) in [6.07, 6.45) is 0. The Morgan fingerprint density at radius 3 is 2.74 bits per heavy atom. The van der Waals surface area contributed by atoms with Gasteiger partial charge in [-0.1, -0.05) is 6.07 Å². The van der Waals surface area contributed by atoms with Crippen LogP contribution in [0.1, 0.15) is 28.8 Å². The SMILES string of the molecule is C/C(=N\Nc1cccc(C(=O)O)c1)c1ccc(C)o1. The first-order valence-electron chi connectivity index (χ1n) is 5.77. The Morgan fingerprint density at radius 1 is 1.32 bits per heavy atom. The van der Waals surface area contributed by atoms with Crippen molar-refractivity contribution in [2.24, 2.45) is 5.10 Å². The van der Waals surface area contributed by atoms with Gasteiger partial charge in [-0.2, -0.15) is 5.10 Å². The molecule has 0 aliphatic carbocycles. The average Bonchev–Trinajstić information content (AvgIpc) is 2.83. The highest BCUT2D eigenvalue weighted by molar-refractivity contribution is 5.96. The molecule has 0 amide bonds. The molecule has 0 spiro atoms. The van der Waals surface area contributed by atoms with Gasteiger partial charge in [-0.15, -0.1) is 0 Å². The Balaban J connectivity index is 2.13. The highest BCUT2D eigenvalue weighted by atomic mass is 16.4. The molecule has 0 radical (unpaired) electrons. The summed E-state index contributed by atoms with van der Waals surface area (Å²) in [6, 6.07) is 10.2. The molecule has 0 aliphatic heterocycles. The number of hydrogen-bond acceptors (Lipinski definition) is 4. The third kappa shape index (κ3) is 3.22. The topological polar surface area (TPSA) is 74.8 Å². The minimum absolute atomic E-state index is 0.215. The molecule has 5 heteroatoms. The number of carboxylic acid groups (broad SMARTS) is 1. The Kier molecular flexibility index (Phi) is 3.66. The van der Waals surface area contributed by atoms with Gasteiger partial charge in [-0.3, -0.25) is 5.43 Å². The molecule has 0 atom stereocenters. The fourth-order valence-corrected chi connectivity index (χ4v) is 1.55. The van der Waals surface area contributed by atoms with Crippen LogP contribution in [0.3, 0.4) is 0 Å². The molecule has 98 valence electrons. The molecular weight excluding hydrogens is 244 g/mol. The van der Waals surface area contributed by atoms with E-state index in [4.69, 9.17) is 9.52 Å². The molecule has 19 heavy (non-hydrogen) atoms. The van der Waals surface area contributed by atoms with Crippen molar-refractivity contribution in [2.75, 3.05) is 5.43 Å². The lowest BCUT2D eigenvalue weighted by Crippen LogP contribution is -2.00. The third-order valence-electron chi connectivity index (χ3n) is 2.56. The molecule has 2 N–H and O–H groups in total. The quantitative estimate of drug-likeness (QED) is 0.652.